The van der Waals surface area contributed by atoms with Crippen LogP contribution in [-0.2, 0) is 23.1 Å². The largest absolute Gasteiger partial charge is 0.481 e. The Kier molecular flexibility index (Phi) is 5.93. The number of rotatable bonds is 7. The molecule has 0 spiro atoms. The van der Waals surface area contributed by atoms with Crippen LogP contribution in [0, 0.1) is 19.8 Å². The second-order valence-electron chi connectivity index (χ2n) is 5.44. The van der Waals surface area contributed by atoms with Crippen LogP contribution in [0.4, 0.5) is 0 Å². The zero-order valence-corrected chi connectivity index (χ0v) is 13.5. The summed E-state index contributed by atoms with van der Waals surface area (Å²) in [5.74, 6) is -1.06. The van der Waals surface area contributed by atoms with Crippen LogP contribution in [0.2, 0.25) is 0 Å². The highest BCUT2D eigenvalue weighted by Crippen LogP contribution is 2.18. The fraction of sp³-hybridized carbons (Fsp3) is 0.667. The quantitative estimate of drug-likeness (QED) is 0.828. The van der Waals surface area contributed by atoms with Gasteiger partial charge in [-0.3, -0.25) is 14.3 Å². The van der Waals surface area contributed by atoms with E-state index in [9.17, 15) is 9.59 Å². The molecule has 0 saturated heterocycles. The van der Waals surface area contributed by atoms with Crippen LogP contribution in [0.15, 0.2) is 0 Å². The molecule has 1 unspecified atom stereocenters. The van der Waals surface area contributed by atoms with Crippen molar-refractivity contribution in [3.8, 4) is 0 Å². The molecule has 0 radical (unpaired) electrons. The number of aryl methyl sites for hydroxylation is 2. The van der Waals surface area contributed by atoms with Gasteiger partial charge in [0, 0.05) is 31.7 Å². The highest BCUT2D eigenvalue weighted by molar-refractivity contribution is 5.79. The molecule has 1 rings (SSSR count). The van der Waals surface area contributed by atoms with E-state index in [0.717, 1.165) is 17.0 Å². The van der Waals surface area contributed by atoms with Gasteiger partial charge in [0.1, 0.15) is 0 Å². The molecule has 0 aliphatic rings. The molecular weight excluding hydrogens is 270 g/mol. The second-order valence-corrected chi connectivity index (χ2v) is 5.44. The van der Waals surface area contributed by atoms with Crippen LogP contribution in [0.5, 0.6) is 0 Å². The molecule has 0 saturated carbocycles. The van der Waals surface area contributed by atoms with Gasteiger partial charge in [0.2, 0.25) is 5.91 Å². The maximum Gasteiger partial charge on any atom is 0.305 e. The third kappa shape index (κ3) is 4.31. The lowest BCUT2D eigenvalue weighted by molar-refractivity contribution is -0.139. The Bertz CT molecular complexity index is 522. The third-order valence-electron chi connectivity index (χ3n) is 3.88. The Balaban J connectivity index is 2.74. The Hall–Kier alpha value is -1.85. The van der Waals surface area contributed by atoms with E-state index >= 15 is 0 Å². The fourth-order valence-electron chi connectivity index (χ4n) is 2.47. The van der Waals surface area contributed by atoms with Gasteiger partial charge in [-0.15, -0.1) is 0 Å². The van der Waals surface area contributed by atoms with Gasteiger partial charge < -0.3 is 10.0 Å². The SMILES string of the molecule is CCN(CCC(=O)O)C(=O)C(C)Cc1c(C)nn(C)c1C. The summed E-state index contributed by atoms with van der Waals surface area (Å²) in [6.07, 6.45) is 0.616. The van der Waals surface area contributed by atoms with Crippen LogP contribution in [0.25, 0.3) is 0 Å². The van der Waals surface area contributed by atoms with E-state index in [1.54, 1.807) is 4.90 Å². The van der Waals surface area contributed by atoms with Crippen molar-refractivity contribution in [2.24, 2.45) is 13.0 Å². The minimum atomic E-state index is -0.882. The molecule has 6 nitrogen and oxygen atoms in total. The monoisotopic (exact) mass is 295 g/mol. The zero-order valence-electron chi connectivity index (χ0n) is 13.5. The molecule has 1 aromatic rings. The Morgan fingerprint density at radius 2 is 2.00 bits per heavy atom. The first kappa shape index (κ1) is 17.2. The first-order chi connectivity index (χ1) is 9.77. The molecule has 0 aromatic carbocycles. The van der Waals surface area contributed by atoms with Crippen LogP contribution in [-0.4, -0.2) is 44.8 Å². The van der Waals surface area contributed by atoms with Crippen molar-refractivity contribution in [1.82, 2.24) is 14.7 Å². The predicted octanol–water partition coefficient (Wildman–Crippen LogP) is 1.54. The number of hydrogen-bond acceptors (Lipinski definition) is 3. The van der Waals surface area contributed by atoms with Gasteiger partial charge in [-0.1, -0.05) is 6.92 Å². The lowest BCUT2D eigenvalue weighted by Gasteiger charge is -2.24. The van der Waals surface area contributed by atoms with E-state index in [1.165, 1.54) is 0 Å². The van der Waals surface area contributed by atoms with Gasteiger partial charge in [-0.2, -0.15) is 5.10 Å². The summed E-state index contributed by atoms with van der Waals surface area (Å²) in [4.78, 5) is 24.7. The molecule has 21 heavy (non-hydrogen) atoms. The number of carbonyl (C=O) groups excluding carboxylic acids is 1. The summed E-state index contributed by atoms with van der Waals surface area (Å²) in [7, 11) is 1.89. The van der Waals surface area contributed by atoms with Crippen molar-refractivity contribution in [2.75, 3.05) is 13.1 Å². The number of hydrogen-bond donors (Lipinski definition) is 1. The third-order valence-corrected chi connectivity index (χ3v) is 3.88. The number of nitrogens with zero attached hydrogens (tertiary/aromatic N) is 3. The smallest absolute Gasteiger partial charge is 0.305 e. The summed E-state index contributed by atoms with van der Waals surface area (Å²) in [6, 6.07) is 0. The van der Waals surface area contributed by atoms with Gasteiger partial charge in [0.25, 0.3) is 0 Å². The van der Waals surface area contributed by atoms with Crippen LogP contribution >= 0.6 is 0 Å². The van der Waals surface area contributed by atoms with E-state index in [1.807, 2.05) is 39.4 Å². The van der Waals surface area contributed by atoms with Gasteiger partial charge >= 0.3 is 5.97 Å². The fourth-order valence-corrected chi connectivity index (χ4v) is 2.47. The summed E-state index contributed by atoms with van der Waals surface area (Å²) in [5.41, 5.74) is 3.12. The van der Waals surface area contributed by atoms with E-state index in [2.05, 4.69) is 5.10 Å². The van der Waals surface area contributed by atoms with E-state index in [4.69, 9.17) is 5.11 Å². The minimum absolute atomic E-state index is 0.00130. The van der Waals surface area contributed by atoms with Gasteiger partial charge in [-0.05, 0) is 32.8 Å². The molecule has 0 aliphatic heterocycles. The number of amides is 1. The molecule has 0 aliphatic carbocycles. The molecule has 1 N–H and O–H groups in total. The van der Waals surface area contributed by atoms with E-state index in [-0.39, 0.29) is 24.8 Å². The number of aliphatic carboxylic acids is 1. The average Bonchev–Trinajstić information content (AvgIpc) is 2.65. The molecule has 0 bridgehead atoms. The highest BCUT2D eigenvalue weighted by atomic mass is 16.4. The van der Waals surface area contributed by atoms with E-state index < -0.39 is 5.97 Å². The number of carboxylic acids is 1. The maximum absolute atomic E-state index is 12.4. The normalized spacial score (nSPS) is 12.2. The molecule has 1 atom stereocenters. The molecule has 6 heteroatoms. The van der Waals surface area contributed by atoms with Gasteiger partial charge in [0.15, 0.2) is 0 Å². The standard InChI is InChI=1S/C15H25N3O3/c1-6-18(8-7-14(19)20)15(21)10(2)9-13-11(3)16-17(5)12(13)4/h10H,6-9H2,1-5H3,(H,19,20). The maximum atomic E-state index is 12.4. The summed E-state index contributed by atoms with van der Waals surface area (Å²) >= 11 is 0. The van der Waals surface area contributed by atoms with Crippen LogP contribution in [0.1, 0.15) is 37.2 Å². The summed E-state index contributed by atoms with van der Waals surface area (Å²) < 4.78 is 1.82. The Morgan fingerprint density at radius 1 is 1.38 bits per heavy atom. The number of carboxylic acid groups (broad SMARTS) is 1. The zero-order chi connectivity index (χ0) is 16.2. The van der Waals surface area contributed by atoms with Crippen molar-refractivity contribution >= 4 is 11.9 Å². The number of carbonyl (C=O) groups is 2. The van der Waals surface area contributed by atoms with Crippen LogP contribution in [0.3, 0.4) is 0 Å². The second kappa shape index (κ2) is 7.24. The first-order valence-electron chi connectivity index (χ1n) is 7.27. The van der Waals surface area contributed by atoms with Gasteiger partial charge in [-0.25, -0.2) is 0 Å². The molecule has 1 aromatic heterocycles. The average molecular weight is 295 g/mol. The van der Waals surface area contributed by atoms with Crippen molar-refractivity contribution in [2.45, 2.75) is 40.5 Å². The van der Waals surface area contributed by atoms with E-state index in [0.29, 0.717) is 13.0 Å². The molecule has 1 heterocycles. The Morgan fingerprint density at radius 3 is 2.43 bits per heavy atom. The highest BCUT2D eigenvalue weighted by Gasteiger charge is 2.22. The predicted molar refractivity (Wildman–Crippen MR) is 80.1 cm³/mol. The Labute approximate surface area is 125 Å². The molecular formula is C15H25N3O3. The lowest BCUT2D eigenvalue weighted by atomic mass is 9.98. The molecule has 118 valence electrons. The summed E-state index contributed by atoms with van der Waals surface area (Å²) in [6.45, 7) is 8.49. The van der Waals surface area contributed by atoms with Crippen molar-refractivity contribution in [3.63, 3.8) is 0 Å². The molecule has 0 fully saturated rings. The lowest BCUT2D eigenvalue weighted by Crippen LogP contribution is -2.37. The molecule has 1 amide bonds. The van der Waals surface area contributed by atoms with Gasteiger partial charge in [0.05, 0.1) is 12.1 Å². The summed E-state index contributed by atoms with van der Waals surface area (Å²) in [5, 5.41) is 13.1. The van der Waals surface area contributed by atoms with Crippen LogP contribution < -0.4 is 0 Å². The minimum Gasteiger partial charge on any atom is -0.481 e. The van der Waals surface area contributed by atoms with Crippen molar-refractivity contribution in [3.05, 3.63) is 17.0 Å². The number of aromatic nitrogens is 2. The first-order valence-corrected chi connectivity index (χ1v) is 7.27. The van der Waals surface area contributed by atoms with Crippen molar-refractivity contribution < 1.29 is 14.7 Å². The topological polar surface area (TPSA) is 75.4 Å². The van der Waals surface area contributed by atoms with Crippen molar-refractivity contribution in [1.29, 1.82) is 0 Å².